The molecule has 0 spiro atoms. The fourth-order valence-electron chi connectivity index (χ4n) is 6.92. The Labute approximate surface area is 240 Å². The first-order valence-corrected chi connectivity index (χ1v) is 15.2. The van der Waals surface area contributed by atoms with Crippen LogP contribution in [0.2, 0.25) is 0 Å². The van der Waals surface area contributed by atoms with Crippen molar-refractivity contribution in [2.45, 2.75) is 83.9 Å². The van der Waals surface area contributed by atoms with E-state index in [4.69, 9.17) is 25.8 Å². The summed E-state index contributed by atoms with van der Waals surface area (Å²) in [4.78, 5) is 16.1. The first-order chi connectivity index (χ1) is 18.9. The number of carbonyl (C=O) groups excluding carboxylic acids is 1. The number of rotatable bonds is 10. The number of carbonyl (C=O) groups is 1. The van der Waals surface area contributed by atoms with Gasteiger partial charge in [0.1, 0.15) is 0 Å². The van der Waals surface area contributed by atoms with Crippen LogP contribution in [0.5, 0.6) is 11.5 Å². The van der Waals surface area contributed by atoms with Crippen LogP contribution in [0.3, 0.4) is 0 Å². The topological polar surface area (TPSA) is 48.0 Å². The second kappa shape index (κ2) is 13.9. The molecule has 4 rings (SSSR count). The van der Waals surface area contributed by atoms with Crippen LogP contribution in [0.1, 0.15) is 76.5 Å². The number of hydrogen-bond acceptors (Lipinski definition) is 4. The molecule has 2 fully saturated rings. The van der Waals surface area contributed by atoms with E-state index in [9.17, 15) is 4.79 Å². The van der Waals surface area contributed by atoms with E-state index < -0.39 is 0 Å². The Hall–Kier alpha value is -2.24. The van der Waals surface area contributed by atoms with Crippen LogP contribution >= 0.6 is 11.6 Å². The van der Waals surface area contributed by atoms with E-state index in [2.05, 4.69) is 24.5 Å². The highest BCUT2D eigenvalue weighted by Gasteiger charge is 2.41. The summed E-state index contributed by atoms with van der Waals surface area (Å²) < 4.78 is 17.4. The van der Waals surface area contributed by atoms with Gasteiger partial charge in [-0.1, -0.05) is 37.8 Å². The van der Waals surface area contributed by atoms with Crippen LogP contribution in [0.15, 0.2) is 48.6 Å². The van der Waals surface area contributed by atoms with Crippen LogP contribution in [-0.2, 0) is 16.0 Å². The van der Waals surface area contributed by atoms with E-state index >= 15 is 0 Å². The smallest absolute Gasteiger partial charge is 0.228 e. The second-order valence-corrected chi connectivity index (χ2v) is 11.9. The van der Waals surface area contributed by atoms with E-state index in [-0.39, 0.29) is 24.1 Å². The minimum Gasteiger partial charge on any atom is -0.493 e. The summed E-state index contributed by atoms with van der Waals surface area (Å²) in [6, 6.07) is 4.04. The molecule has 1 aliphatic carbocycles. The molecule has 1 amide bonds. The summed E-state index contributed by atoms with van der Waals surface area (Å²) >= 11 is 6.07. The molecule has 1 aromatic carbocycles. The van der Waals surface area contributed by atoms with Crippen molar-refractivity contribution in [1.82, 2.24) is 4.90 Å². The van der Waals surface area contributed by atoms with Gasteiger partial charge >= 0.3 is 0 Å². The van der Waals surface area contributed by atoms with Gasteiger partial charge in [0, 0.05) is 25.1 Å². The number of halogens is 1. The number of hydrogen-bond donors (Lipinski definition) is 0. The number of allylic oxidation sites excluding steroid dienone is 3. The summed E-state index contributed by atoms with van der Waals surface area (Å²) in [5.41, 5.74) is 3.10. The molecule has 0 unspecified atom stereocenters. The number of methoxy groups -OCH3 is 1. The van der Waals surface area contributed by atoms with Gasteiger partial charge in [0.2, 0.25) is 5.91 Å². The molecule has 1 saturated heterocycles. The predicted octanol–water partition coefficient (Wildman–Crippen LogP) is 7.44. The Morgan fingerprint density at radius 1 is 1.10 bits per heavy atom. The molecule has 1 aromatic rings. The summed E-state index contributed by atoms with van der Waals surface area (Å²) in [6.07, 6.45) is 14.9. The zero-order valence-corrected chi connectivity index (χ0v) is 24.9. The number of amides is 1. The van der Waals surface area contributed by atoms with E-state index in [1.165, 1.54) is 12.8 Å². The van der Waals surface area contributed by atoms with Gasteiger partial charge in [-0.3, -0.25) is 4.79 Å². The highest BCUT2D eigenvalue weighted by atomic mass is 35.5. The fourth-order valence-corrected chi connectivity index (χ4v) is 7.01. The number of ether oxygens (including phenoxy) is 3. The van der Waals surface area contributed by atoms with Gasteiger partial charge in [0.05, 0.1) is 25.7 Å². The first kappa shape index (κ1) is 29.7. The molecule has 6 heteroatoms. The van der Waals surface area contributed by atoms with E-state index in [1.807, 2.05) is 38.1 Å². The summed E-state index contributed by atoms with van der Waals surface area (Å²) in [7, 11) is 1.65. The second-order valence-electron chi connectivity index (χ2n) is 11.6. The van der Waals surface area contributed by atoms with Crippen molar-refractivity contribution in [3.63, 3.8) is 0 Å². The molecule has 1 saturated carbocycles. The van der Waals surface area contributed by atoms with Crippen LogP contribution in [0.25, 0.3) is 0 Å². The Morgan fingerprint density at radius 2 is 1.79 bits per heavy atom. The monoisotopic (exact) mass is 555 g/mol. The number of alkyl halides is 1. The molecule has 0 radical (unpaired) electrons. The molecule has 3 aliphatic rings. The summed E-state index contributed by atoms with van der Waals surface area (Å²) in [6.45, 7) is 12.2. The fraction of sp³-hybridized carbons (Fsp3) is 0.606. The largest absolute Gasteiger partial charge is 0.493 e. The van der Waals surface area contributed by atoms with Crippen molar-refractivity contribution >= 4 is 17.5 Å². The Balaban J connectivity index is 1.67. The van der Waals surface area contributed by atoms with Crippen molar-refractivity contribution in [2.24, 2.45) is 17.8 Å². The average Bonchev–Trinajstić information content (AvgIpc) is 2.94. The minimum atomic E-state index is -0.228. The molecule has 0 aromatic heterocycles. The predicted molar refractivity (Wildman–Crippen MR) is 159 cm³/mol. The molecular formula is C33H46ClNO4. The molecule has 2 atom stereocenters. The highest BCUT2D eigenvalue weighted by Crippen LogP contribution is 2.46. The Kier molecular flexibility index (Phi) is 10.6. The molecule has 2 heterocycles. The Morgan fingerprint density at radius 3 is 2.41 bits per heavy atom. The van der Waals surface area contributed by atoms with Gasteiger partial charge in [0.25, 0.3) is 0 Å². The van der Waals surface area contributed by atoms with E-state index in [0.717, 1.165) is 61.5 Å². The number of fused-ring (bicyclic) bond motifs is 1. The van der Waals surface area contributed by atoms with Crippen molar-refractivity contribution in [3.05, 3.63) is 59.7 Å². The summed E-state index contributed by atoms with van der Waals surface area (Å²) in [5.74, 6) is 4.12. The van der Waals surface area contributed by atoms with Gasteiger partial charge in [-0.2, -0.15) is 0 Å². The molecule has 5 nitrogen and oxygen atoms in total. The molecule has 214 valence electrons. The lowest BCUT2D eigenvalue weighted by Crippen LogP contribution is -2.49. The lowest BCUT2D eigenvalue weighted by molar-refractivity contribution is -0.137. The Bertz CT molecular complexity index is 1050. The van der Waals surface area contributed by atoms with Gasteiger partial charge in [-0.15, -0.1) is 11.6 Å². The van der Waals surface area contributed by atoms with Crippen molar-refractivity contribution in [3.8, 4) is 11.5 Å². The molecule has 2 aliphatic heterocycles. The van der Waals surface area contributed by atoms with E-state index in [0.29, 0.717) is 35.6 Å². The SMILES string of the molecule is C=C/C=C(\C=C/CCl)[C@H]1c2cc(OC(C)C)c(OC)cc2CC(=O)N1C1CCC([C@@H](C)C2CCOCC2)CC1. The van der Waals surface area contributed by atoms with Gasteiger partial charge in [0.15, 0.2) is 11.5 Å². The van der Waals surface area contributed by atoms with Crippen LogP contribution in [0.4, 0.5) is 0 Å². The zero-order valence-electron chi connectivity index (χ0n) is 24.2. The number of benzene rings is 1. The maximum Gasteiger partial charge on any atom is 0.228 e. The lowest BCUT2D eigenvalue weighted by atomic mass is 9.71. The van der Waals surface area contributed by atoms with Crippen molar-refractivity contribution in [1.29, 1.82) is 0 Å². The maximum atomic E-state index is 13.9. The first-order valence-electron chi connectivity index (χ1n) is 14.7. The van der Waals surface area contributed by atoms with Crippen LogP contribution < -0.4 is 9.47 Å². The van der Waals surface area contributed by atoms with Gasteiger partial charge < -0.3 is 19.1 Å². The quantitative estimate of drug-likeness (QED) is 0.222. The highest BCUT2D eigenvalue weighted by molar-refractivity contribution is 6.18. The third-order valence-corrected chi connectivity index (χ3v) is 9.08. The minimum absolute atomic E-state index is 0.00375. The molecular weight excluding hydrogens is 510 g/mol. The third kappa shape index (κ3) is 6.92. The van der Waals surface area contributed by atoms with Crippen LogP contribution in [-0.4, -0.2) is 49.2 Å². The third-order valence-electron chi connectivity index (χ3n) is 8.90. The van der Waals surface area contributed by atoms with Crippen molar-refractivity contribution in [2.75, 3.05) is 26.2 Å². The normalized spacial score (nSPS) is 25.6. The van der Waals surface area contributed by atoms with Gasteiger partial charge in [-0.25, -0.2) is 0 Å². The van der Waals surface area contributed by atoms with E-state index in [1.54, 1.807) is 13.2 Å². The van der Waals surface area contributed by atoms with Crippen molar-refractivity contribution < 1.29 is 19.0 Å². The zero-order chi connectivity index (χ0) is 27.9. The molecule has 0 bridgehead atoms. The lowest BCUT2D eigenvalue weighted by Gasteiger charge is -2.46. The standard InChI is InChI=1S/C33H46ClNO4/c1-6-8-26(9-7-16-34)33-29-21-31(39-22(2)3)30(37-5)19-27(29)20-32(36)35(33)28-12-10-24(11-13-28)23(4)25-14-17-38-18-15-25/h6-9,19,21-25,28,33H,1,10-18,20H2,2-5H3/b9-7-,26-8+/t23-,24?,28?,33+/m1/s1. The number of nitrogens with zero attached hydrogens (tertiary/aromatic N) is 1. The summed E-state index contributed by atoms with van der Waals surface area (Å²) in [5, 5.41) is 0. The molecule has 0 N–H and O–H groups in total. The van der Waals surface area contributed by atoms with Crippen LogP contribution in [0, 0.1) is 17.8 Å². The van der Waals surface area contributed by atoms with Gasteiger partial charge in [-0.05, 0) is 99.0 Å². The average molecular weight is 556 g/mol. The maximum absolute atomic E-state index is 13.9. The molecule has 39 heavy (non-hydrogen) atoms.